The number of hydrogen-bond donors (Lipinski definition) is 0. The molecule has 2 aliphatic rings. The summed E-state index contributed by atoms with van der Waals surface area (Å²) in [5.41, 5.74) is 6.90. The Kier molecular flexibility index (Phi) is 3.67. The number of aryl methyl sites for hydroxylation is 2. The number of hydrogen-bond acceptors (Lipinski definition) is 4. The first-order valence-electron chi connectivity index (χ1n) is 9.48. The molecule has 6 nitrogen and oxygen atoms in total. The summed E-state index contributed by atoms with van der Waals surface area (Å²) in [5.74, 6) is 0.695. The van der Waals surface area contributed by atoms with Gasteiger partial charge in [0.1, 0.15) is 5.65 Å². The number of carbonyl (C=O) groups excluding carboxylic acids is 1. The van der Waals surface area contributed by atoms with Gasteiger partial charge in [0, 0.05) is 61.9 Å². The number of nitrogens with zero attached hydrogens (tertiary/aromatic N) is 5. The Morgan fingerprint density at radius 2 is 1.96 bits per heavy atom. The SMILES string of the molecule is Cc1cn2c3c(c(C)cc2n1)CN(C(=O)CC1CN(c2ccncc2)C1)C3. The zero-order valence-corrected chi connectivity index (χ0v) is 15.7. The highest BCUT2D eigenvalue weighted by molar-refractivity contribution is 5.78. The van der Waals surface area contributed by atoms with Crippen LogP contribution < -0.4 is 4.90 Å². The van der Waals surface area contributed by atoms with Gasteiger partial charge in [0.25, 0.3) is 0 Å². The maximum atomic E-state index is 12.9. The summed E-state index contributed by atoms with van der Waals surface area (Å²) in [4.78, 5) is 25.8. The van der Waals surface area contributed by atoms with E-state index >= 15 is 0 Å². The molecule has 0 aliphatic carbocycles. The minimum atomic E-state index is 0.259. The average molecular weight is 361 g/mol. The molecule has 0 saturated carbocycles. The number of fused-ring (bicyclic) bond motifs is 3. The first-order valence-corrected chi connectivity index (χ1v) is 9.48. The smallest absolute Gasteiger partial charge is 0.223 e. The van der Waals surface area contributed by atoms with Gasteiger partial charge >= 0.3 is 0 Å². The number of amides is 1. The standard InChI is InChI=1S/C21H23N5O/c1-14-7-20-23-15(2)9-26(20)19-13-25(12-18(14)19)21(27)8-16-10-24(11-16)17-3-5-22-6-4-17/h3-7,9,16H,8,10-13H2,1-2H3. The maximum Gasteiger partial charge on any atom is 0.223 e. The molecule has 138 valence electrons. The fraction of sp³-hybridized carbons (Fsp3) is 0.381. The van der Waals surface area contributed by atoms with E-state index in [4.69, 9.17) is 0 Å². The molecule has 1 amide bonds. The molecule has 0 N–H and O–H groups in total. The number of rotatable bonds is 3. The van der Waals surface area contributed by atoms with Crippen LogP contribution in [0.2, 0.25) is 0 Å². The van der Waals surface area contributed by atoms with Gasteiger partial charge in [-0.15, -0.1) is 0 Å². The van der Waals surface area contributed by atoms with Crippen molar-refractivity contribution in [2.45, 2.75) is 33.4 Å². The quantitative estimate of drug-likeness (QED) is 0.720. The summed E-state index contributed by atoms with van der Waals surface area (Å²) in [6, 6.07) is 6.17. The van der Waals surface area contributed by atoms with Crippen LogP contribution in [0.3, 0.4) is 0 Å². The number of anilines is 1. The van der Waals surface area contributed by atoms with Gasteiger partial charge in [-0.25, -0.2) is 4.98 Å². The largest absolute Gasteiger partial charge is 0.371 e. The van der Waals surface area contributed by atoms with Crippen LogP contribution >= 0.6 is 0 Å². The van der Waals surface area contributed by atoms with Crippen molar-refractivity contribution in [3.63, 3.8) is 0 Å². The lowest BCUT2D eigenvalue weighted by atomic mass is 9.95. The van der Waals surface area contributed by atoms with E-state index in [0.29, 0.717) is 25.4 Å². The molecule has 0 unspecified atom stereocenters. The lowest BCUT2D eigenvalue weighted by Crippen LogP contribution is -2.48. The van der Waals surface area contributed by atoms with E-state index in [9.17, 15) is 4.79 Å². The maximum absolute atomic E-state index is 12.9. The van der Waals surface area contributed by atoms with Crippen LogP contribution in [0.1, 0.15) is 28.9 Å². The van der Waals surface area contributed by atoms with Crippen molar-refractivity contribution >= 4 is 17.2 Å². The highest BCUT2D eigenvalue weighted by Crippen LogP contribution is 2.31. The molecule has 5 heterocycles. The van der Waals surface area contributed by atoms with E-state index in [0.717, 1.165) is 24.4 Å². The third-order valence-electron chi connectivity index (χ3n) is 5.81. The Morgan fingerprint density at radius 3 is 2.74 bits per heavy atom. The van der Waals surface area contributed by atoms with Gasteiger partial charge in [-0.05, 0) is 43.2 Å². The molecule has 0 atom stereocenters. The molecule has 0 radical (unpaired) electrons. The monoisotopic (exact) mass is 361 g/mol. The Balaban J connectivity index is 1.26. The lowest BCUT2D eigenvalue weighted by molar-refractivity contribution is -0.133. The summed E-state index contributed by atoms with van der Waals surface area (Å²) < 4.78 is 2.15. The number of aromatic nitrogens is 3. The minimum absolute atomic E-state index is 0.259. The van der Waals surface area contributed by atoms with Gasteiger partial charge in [-0.2, -0.15) is 0 Å². The van der Waals surface area contributed by atoms with Crippen molar-refractivity contribution in [3.8, 4) is 0 Å². The van der Waals surface area contributed by atoms with E-state index in [-0.39, 0.29) is 5.91 Å². The van der Waals surface area contributed by atoms with Crippen LogP contribution in [0.4, 0.5) is 5.69 Å². The molecular weight excluding hydrogens is 338 g/mol. The lowest BCUT2D eigenvalue weighted by Gasteiger charge is -2.41. The molecule has 0 spiro atoms. The predicted octanol–water partition coefficient (Wildman–Crippen LogP) is 2.71. The molecule has 0 bridgehead atoms. The number of imidazole rings is 1. The topological polar surface area (TPSA) is 53.7 Å². The van der Waals surface area contributed by atoms with E-state index in [1.165, 1.54) is 22.5 Å². The van der Waals surface area contributed by atoms with Crippen LogP contribution in [-0.2, 0) is 17.9 Å². The fourth-order valence-electron chi connectivity index (χ4n) is 4.32. The highest BCUT2D eigenvalue weighted by atomic mass is 16.2. The van der Waals surface area contributed by atoms with Crippen LogP contribution in [-0.4, -0.2) is 38.3 Å². The molecule has 5 rings (SSSR count). The number of carbonyl (C=O) groups is 1. The summed E-state index contributed by atoms with van der Waals surface area (Å²) in [7, 11) is 0. The summed E-state index contributed by atoms with van der Waals surface area (Å²) in [6.07, 6.45) is 6.33. The zero-order chi connectivity index (χ0) is 18.5. The van der Waals surface area contributed by atoms with Gasteiger partial charge in [0.05, 0.1) is 12.2 Å². The molecule has 1 fully saturated rings. The van der Waals surface area contributed by atoms with Gasteiger partial charge in [-0.3, -0.25) is 9.78 Å². The van der Waals surface area contributed by atoms with E-state index in [1.54, 1.807) is 0 Å². The van der Waals surface area contributed by atoms with Gasteiger partial charge in [0.15, 0.2) is 0 Å². The normalized spacial score (nSPS) is 16.7. The predicted molar refractivity (Wildman–Crippen MR) is 103 cm³/mol. The van der Waals surface area contributed by atoms with Crippen LogP contribution in [0.25, 0.3) is 5.65 Å². The van der Waals surface area contributed by atoms with E-state index < -0.39 is 0 Å². The first kappa shape index (κ1) is 16.3. The second-order valence-corrected chi connectivity index (χ2v) is 7.79. The van der Waals surface area contributed by atoms with Crippen molar-refractivity contribution < 1.29 is 4.79 Å². The molecule has 2 aliphatic heterocycles. The summed E-state index contributed by atoms with van der Waals surface area (Å²) in [6.45, 7) is 7.42. The molecular formula is C21H23N5O. The van der Waals surface area contributed by atoms with Gasteiger partial charge in [0.2, 0.25) is 5.91 Å². The first-order chi connectivity index (χ1) is 13.1. The van der Waals surface area contributed by atoms with E-state index in [1.807, 2.05) is 36.4 Å². The highest BCUT2D eigenvalue weighted by Gasteiger charge is 2.33. The van der Waals surface area contributed by atoms with Crippen LogP contribution in [0.5, 0.6) is 0 Å². The van der Waals surface area contributed by atoms with Crippen molar-refractivity contribution in [3.05, 3.63) is 59.3 Å². The van der Waals surface area contributed by atoms with Gasteiger partial charge in [-0.1, -0.05) is 0 Å². The van der Waals surface area contributed by atoms with Gasteiger partial charge < -0.3 is 14.2 Å². The third-order valence-corrected chi connectivity index (χ3v) is 5.81. The Bertz CT molecular complexity index is 1020. The molecule has 1 saturated heterocycles. The van der Waals surface area contributed by atoms with Crippen LogP contribution in [0, 0.1) is 19.8 Å². The number of pyridine rings is 2. The summed E-state index contributed by atoms with van der Waals surface area (Å²) >= 11 is 0. The van der Waals surface area contributed by atoms with Crippen molar-refractivity contribution in [2.75, 3.05) is 18.0 Å². The molecule has 0 aromatic carbocycles. The zero-order valence-electron chi connectivity index (χ0n) is 15.7. The van der Waals surface area contributed by atoms with Crippen molar-refractivity contribution in [1.29, 1.82) is 0 Å². The molecule has 27 heavy (non-hydrogen) atoms. The molecule has 3 aromatic rings. The second-order valence-electron chi connectivity index (χ2n) is 7.79. The Hall–Kier alpha value is -2.89. The minimum Gasteiger partial charge on any atom is -0.371 e. The fourth-order valence-corrected chi connectivity index (χ4v) is 4.32. The average Bonchev–Trinajstić information content (AvgIpc) is 3.22. The van der Waals surface area contributed by atoms with Crippen molar-refractivity contribution in [1.82, 2.24) is 19.3 Å². The Labute approximate surface area is 158 Å². The van der Waals surface area contributed by atoms with Crippen molar-refractivity contribution in [2.24, 2.45) is 5.92 Å². The Morgan fingerprint density at radius 1 is 1.19 bits per heavy atom. The van der Waals surface area contributed by atoms with Crippen LogP contribution in [0.15, 0.2) is 36.8 Å². The third kappa shape index (κ3) is 2.76. The second kappa shape index (κ2) is 6.08. The molecule has 6 heteroatoms. The molecule has 3 aromatic heterocycles. The van der Waals surface area contributed by atoms with E-state index in [2.05, 4.69) is 38.5 Å². The summed E-state index contributed by atoms with van der Waals surface area (Å²) in [5, 5.41) is 0.